The van der Waals surface area contributed by atoms with Gasteiger partial charge in [0.2, 0.25) is 0 Å². The molecule has 21 heavy (non-hydrogen) atoms. The molecule has 0 spiro atoms. The Bertz CT molecular complexity index is 573. The zero-order chi connectivity index (χ0) is 15.4. The van der Waals surface area contributed by atoms with Gasteiger partial charge in [-0.3, -0.25) is 4.98 Å². The van der Waals surface area contributed by atoms with Crippen LogP contribution in [0, 0.1) is 0 Å². The van der Waals surface area contributed by atoms with Crippen LogP contribution in [0.1, 0.15) is 69.3 Å². The number of anilines is 1. The summed E-state index contributed by atoms with van der Waals surface area (Å²) in [4.78, 5) is 4.43. The quantitative estimate of drug-likeness (QED) is 0.783. The number of nitrogens with zero attached hydrogens (tertiary/aromatic N) is 1. The third kappa shape index (κ3) is 3.84. The van der Waals surface area contributed by atoms with E-state index in [0.29, 0.717) is 11.8 Å². The van der Waals surface area contributed by atoms with Gasteiger partial charge in [0.1, 0.15) is 0 Å². The number of hydrogen-bond acceptors (Lipinski definition) is 2. The van der Waals surface area contributed by atoms with Crippen molar-refractivity contribution in [2.75, 3.05) is 5.32 Å². The standard InChI is InChI=1S/C19H26N2/c1-13(2)16-9-10-19(17(12-16)14(3)4)21-15(5)18-8-6-7-11-20-18/h6-15,21H,1-5H3. The van der Waals surface area contributed by atoms with Gasteiger partial charge in [0.05, 0.1) is 11.7 Å². The molecule has 2 aromatic rings. The van der Waals surface area contributed by atoms with Crippen molar-refractivity contribution < 1.29 is 0 Å². The van der Waals surface area contributed by atoms with Crippen LogP contribution < -0.4 is 5.32 Å². The van der Waals surface area contributed by atoms with Gasteiger partial charge < -0.3 is 5.32 Å². The van der Waals surface area contributed by atoms with E-state index in [-0.39, 0.29) is 6.04 Å². The Labute approximate surface area is 128 Å². The maximum absolute atomic E-state index is 4.43. The first-order chi connectivity index (χ1) is 9.99. The molecule has 1 aromatic carbocycles. The van der Waals surface area contributed by atoms with Gasteiger partial charge in [0.15, 0.2) is 0 Å². The van der Waals surface area contributed by atoms with Crippen molar-refractivity contribution in [2.45, 2.75) is 52.5 Å². The second-order valence-electron chi connectivity index (χ2n) is 6.28. The van der Waals surface area contributed by atoms with E-state index in [0.717, 1.165) is 5.69 Å². The Hall–Kier alpha value is -1.83. The molecule has 0 amide bonds. The summed E-state index contributed by atoms with van der Waals surface area (Å²) in [6, 6.07) is 13.0. The monoisotopic (exact) mass is 282 g/mol. The van der Waals surface area contributed by atoms with E-state index in [9.17, 15) is 0 Å². The van der Waals surface area contributed by atoms with Crippen molar-refractivity contribution in [2.24, 2.45) is 0 Å². The molecular formula is C19H26N2. The van der Waals surface area contributed by atoms with Crippen molar-refractivity contribution in [3.8, 4) is 0 Å². The largest absolute Gasteiger partial charge is 0.377 e. The smallest absolute Gasteiger partial charge is 0.0657 e. The molecule has 1 aromatic heterocycles. The Kier molecular flexibility index (Phi) is 5.00. The number of nitrogens with one attached hydrogen (secondary N) is 1. The maximum Gasteiger partial charge on any atom is 0.0657 e. The van der Waals surface area contributed by atoms with Gasteiger partial charge in [-0.15, -0.1) is 0 Å². The highest BCUT2D eigenvalue weighted by Gasteiger charge is 2.13. The minimum atomic E-state index is 0.202. The molecule has 0 radical (unpaired) electrons. The fraction of sp³-hybridized carbons (Fsp3) is 0.421. The van der Waals surface area contributed by atoms with Crippen LogP contribution in [0.5, 0.6) is 0 Å². The van der Waals surface area contributed by atoms with Crippen LogP contribution in [0.2, 0.25) is 0 Å². The van der Waals surface area contributed by atoms with Crippen LogP contribution in [-0.2, 0) is 0 Å². The van der Waals surface area contributed by atoms with Gasteiger partial charge in [-0.1, -0.05) is 45.9 Å². The zero-order valence-electron chi connectivity index (χ0n) is 13.7. The summed E-state index contributed by atoms with van der Waals surface area (Å²) in [5, 5.41) is 3.61. The minimum absolute atomic E-state index is 0.202. The Balaban J connectivity index is 2.27. The molecule has 0 aliphatic carbocycles. The summed E-state index contributed by atoms with van der Waals surface area (Å²) in [5.74, 6) is 1.06. The van der Waals surface area contributed by atoms with Gasteiger partial charge in [0.25, 0.3) is 0 Å². The molecule has 112 valence electrons. The van der Waals surface area contributed by atoms with E-state index in [2.05, 4.69) is 69.2 Å². The average molecular weight is 282 g/mol. The lowest BCUT2D eigenvalue weighted by Crippen LogP contribution is -2.10. The maximum atomic E-state index is 4.43. The molecule has 2 heteroatoms. The molecule has 2 rings (SSSR count). The molecule has 0 saturated carbocycles. The van der Waals surface area contributed by atoms with Gasteiger partial charge in [0, 0.05) is 11.9 Å². The lowest BCUT2D eigenvalue weighted by atomic mass is 9.94. The molecular weight excluding hydrogens is 256 g/mol. The molecule has 0 fully saturated rings. The molecule has 1 unspecified atom stereocenters. The van der Waals surface area contributed by atoms with Crippen molar-refractivity contribution >= 4 is 5.69 Å². The predicted octanol–water partition coefficient (Wildman–Crippen LogP) is 5.50. The lowest BCUT2D eigenvalue weighted by molar-refractivity contribution is 0.809. The lowest BCUT2D eigenvalue weighted by Gasteiger charge is -2.21. The van der Waals surface area contributed by atoms with Crippen molar-refractivity contribution in [1.29, 1.82) is 0 Å². The predicted molar refractivity (Wildman–Crippen MR) is 90.9 cm³/mol. The molecule has 1 heterocycles. The second kappa shape index (κ2) is 6.75. The highest BCUT2D eigenvalue weighted by molar-refractivity contribution is 5.55. The van der Waals surface area contributed by atoms with E-state index in [1.807, 2.05) is 18.3 Å². The second-order valence-corrected chi connectivity index (χ2v) is 6.28. The first kappa shape index (κ1) is 15.6. The van der Waals surface area contributed by atoms with E-state index in [1.165, 1.54) is 16.8 Å². The van der Waals surface area contributed by atoms with Crippen LogP contribution in [0.4, 0.5) is 5.69 Å². The Morgan fingerprint density at radius 2 is 1.67 bits per heavy atom. The molecule has 2 nitrogen and oxygen atoms in total. The average Bonchev–Trinajstić information content (AvgIpc) is 2.48. The summed E-state index contributed by atoms with van der Waals surface area (Å²) in [7, 11) is 0. The minimum Gasteiger partial charge on any atom is -0.377 e. The Morgan fingerprint density at radius 3 is 2.24 bits per heavy atom. The van der Waals surface area contributed by atoms with E-state index in [1.54, 1.807) is 0 Å². The summed E-state index contributed by atoms with van der Waals surface area (Å²) in [6.07, 6.45) is 1.85. The summed E-state index contributed by atoms with van der Waals surface area (Å²) >= 11 is 0. The molecule has 0 aliphatic rings. The topological polar surface area (TPSA) is 24.9 Å². The normalized spacial score (nSPS) is 12.7. The third-order valence-electron chi connectivity index (χ3n) is 3.87. The number of pyridine rings is 1. The summed E-state index contributed by atoms with van der Waals surface area (Å²) in [6.45, 7) is 11.1. The summed E-state index contributed by atoms with van der Waals surface area (Å²) in [5.41, 5.74) is 5.06. The third-order valence-corrected chi connectivity index (χ3v) is 3.87. The van der Waals surface area contributed by atoms with Gasteiger partial charge in [-0.05, 0) is 48.1 Å². The highest BCUT2D eigenvalue weighted by atomic mass is 14.9. The van der Waals surface area contributed by atoms with Gasteiger partial charge in [-0.2, -0.15) is 0 Å². The molecule has 0 aliphatic heterocycles. The van der Waals surface area contributed by atoms with Crippen LogP contribution in [0.3, 0.4) is 0 Å². The SMILES string of the molecule is CC(C)c1ccc(NC(C)c2ccccn2)c(C(C)C)c1. The summed E-state index contributed by atoms with van der Waals surface area (Å²) < 4.78 is 0. The number of aromatic nitrogens is 1. The first-order valence-corrected chi connectivity index (χ1v) is 7.80. The van der Waals surface area contributed by atoms with Crippen LogP contribution in [-0.4, -0.2) is 4.98 Å². The van der Waals surface area contributed by atoms with Crippen molar-refractivity contribution in [3.05, 3.63) is 59.4 Å². The molecule has 1 atom stereocenters. The number of rotatable bonds is 5. The van der Waals surface area contributed by atoms with E-state index < -0.39 is 0 Å². The van der Waals surface area contributed by atoms with Crippen molar-refractivity contribution in [3.63, 3.8) is 0 Å². The molecule has 1 N–H and O–H groups in total. The first-order valence-electron chi connectivity index (χ1n) is 7.80. The Morgan fingerprint density at radius 1 is 0.905 bits per heavy atom. The number of benzene rings is 1. The van der Waals surface area contributed by atoms with Gasteiger partial charge in [-0.25, -0.2) is 0 Å². The van der Waals surface area contributed by atoms with Crippen LogP contribution >= 0.6 is 0 Å². The molecule has 0 bridgehead atoms. The zero-order valence-corrected chi connectivity index (χ0v) is 13.7. The van der Waals surface area contributed by atoms with Gasteiger partial charge >= 0.3 is 0 Å². The van der Waals surface area contributed by atoms with Crippen molar-refractivity contribution in [1.82, 2.24) is 4.98 Å². The van der Waals surface area contributed by atoms with Crippen LogP contribution in [0.15, 0.2) is 42.6 Å². The van der Waals surface area contributed by atoms with E-state index in [4.69, 9.17) is 0 Å². The number of hydrogen-bond donors (Lipinski definition) is 1. The van der Waals surface area contributed by atoms with E-state index >= 15 is 0 Å². The molecule has 0 saturated heterocycles. The highest BCUT2D eigenvalue weighted by Crippen LogP contribution is 2.30. The fourth-order valence-corrected chi connectivity index (χ4v) is 2.49. The van der Waals surface area contributed by atoms with Crippen LogP contribution in [0.25, 0.3) is 0 Å². The fourth-order valence-electron chi connectivity index (χ4n) is 2.49.